The lowest BCUT2D eigenvalue weighted by molar-refractivity contribution is 0.627. The summed E-state index contributed by atoms with van der Waals surface area (Å²) in [5.41, 5.74) is 3.05. The van der Waals surface area contributed by atoms with E-state index in [0.717, 1.165) is 37.2 Å². The predicted octanol–water partition coefficient (Wildman–Crippen LogP) is 4.92. The van der Waals surface area contributed by atoms with Gasteiger partial charge in [0.15, 0.2) is 0 Å². The first-order valence-electron chi connectivity index (χ1n) is 8.70. The Kier molecular flexibility index (Phi) is 9.70. The number of hydrogen-bond donors (Lipinski definition) is 1. The lowest BCUT2D eigenvalue weighted by atomic mass is 10.2. The molecule has 0 aliphatic rings. The minimum absolute atomic E-state index is 0.243. The van der Waals surface area contributed by atoms with Crippen molar-refractivity contribution in [3.05, 3.63) is 53.9 Å². The Hall–Kier alpha value is -1.94. The van der Waals surface area contributed by atoms with Crippen molar-refractivity contribution in [3.63, 3.8) is 0 Å². The quantitative estimate of drug-likeness (QED) is 0.374. The number of hydrazone groups is 1. The fraction of sp³-hybridized carbons (Fsp3) is 0.450. The standard InChI is InChI=1S/C20H30FN3/c1-5-9-17(10-6-2)16-24(20-12-8-11-18(21)15-20)23-19(7-3)13-14-22-4/h5,8-12,15,22H,6-7,13-14,16H2,1-4H3/b9-5-,17-10+,23-19+. The van der Waals surface area contributed by atoms with Crippen molar-refractivity contribution in [3.8, 4) is 0 Å². The van der Waals surface area contributed by atoms with Gasteiger partial charge in [0.05, 0.1) is 12.2 Å². The molecule has 1 N–H and O–H groups in total. The zero-order valence-corrected chi connectivity index (χ0v) is 15.3. The van der Waals surface area contributed by atoms with Gasteiger partial charge >= 0.3 is 0 Å². The van der Waals surface area contributed by atoms with Crippen molar-refractivity contribution in [2.45, 2.75) is 40.0 Å². The van der Waals surface area contributed by atoms with Crippen LogP contribution in [0.5, 0.6) is 0 Å². The molecule has 0 heterocycles. The summed E-state index contributed by atoms with van der Waals surface area (Å²) in [6.45, 7) is 7.74. The van der Waals surface area contributed by atoms with Gasteiger partial charge in [-0.2, -0.15) is 5.10 Å². The molecular formula is C20H30FN3. The highest BCUT2D eigenvalue weighted by Gasteiger charge is 2.09. The summed E-state index contributed by atoms with van der Waals surface area (Å²) in [5, 5.41) is 9.87. The molecule has 132 valence electrons. The second-order valence-electron chi connectivity index (χ2n) is 5.60. The average Bonchev–Trinajstić information content (AvgIpc) is 2.58. The Bertz CT molecular complexity index is 576. The molecule has 0 unspecified atom stereocenters. The van der Waals surface area contributed by atoms with E-state index in [4.69, 9.17) is 5.10 Å². The Morgan fingerprint density at radius 3 is 2.71 bits per heavy atom. The molecule has 0 spiro atoms. The van der Waals surface area contributed by atoms with Crippen LogP contribution in [0.2, 0.25) is 0 Å². The van der Waals surface area contributed by atoms with Gasteiger partial charge in [0.1, 0.15) is 5.82 Å². The van der Waals surface area contributed by atoms with E-state index in [1.807, 2.05) is 31.1 Å². The Balaban J connectivity index is 3.15. The molecule has 4 heteroatoms. The SMILES string of the molecule is C/C=C\C(=C/CC)CN(/N=C(\CC)CCNC)c1cccc(F)c1. The highest BCUT2D eigenvalue weighted by Crippen LogP contribution is 2.19. The molecule has 0 saturated heterocycles. The fourth-order valence-corrected chi connectivity index (χ4v) is 2.39. The third-order valence-electron chi connectivity index (χ3n) is 3.62. The number of hydrogen-bond acceptors (Lipinski definition) is 3. The summed E-state index contributed by atoms with van der Waals surface area (Å²) in [5.74, 6) is -0.243. The van der Waals surface area contributed by atoms with E-state index >= 15 is 0 Å². The van der Waals surface area contributed by atoms with Gasteiger partial charge in [-0.1, -0.05) is 38.1 Å². The van der Waals surface area contributed by atoms with E-state index in [1.165, 1.54) is 17.7 Å². The molecule has 0 radical (unpaired) electrons. The Labute approximate surface area is 146 Å². The van der Waals surface area contributed by atoms with E-state index < -0.39 is 0 Å². The lowest BCUT2D eigenvalue weighted by Crippen LogP contribution is -2.23. The number of nitrogens with zero attached hydrogens (tertiary/aromatic N) is 2. The van der Waals surface area contributed by atoms with Crippen LogP contribution in [-0.2, 0) is 0 Å². The lowest BCUT2D eigenvalue weighted by Gasteiger charge is -2.22. The summed E-state index contributed by atoms with van der Waals surface area (Å²) in [6.07, 6.45) is 9.02. The average molecular weight is 331 g/mol. The van der Waals surface area contributed by atoms with E-state index in [2.05, 4.69) is 31.3 Å². The smallest absolute Gasteiger partial charge is 0.125 e. The summed E-state index contributed by atoms with van der Waals surface area (Å²) in [4.78, 5) is 0. The van der Waals surface area contributed by atoms with E-state index in [9.17, 15) is 4.39 Å². The van der Waals surface area contributed by atoms with E-state index in [0.29, 0.717) is 6.54 Å². The van der Waals surface area contributed by atoms with Crippen molar-refractivity contribution < 1.29 is 4.39 Å². The second kappa shape index (κ2) is 11.6. The normalized spacial score (nSPS) is 12.9. The predicted molar refractivity (Wildman–Crippen MR) is 103 cm³/mol. The largest absolute Gasteiger partial charge is 0.319 e. The maximum Gasteiger partial charge on any atom is 0.125 e. The molecule has 24 heavy (non-hydrogen) atoms. The number of halogens is 1. The first kappa shape index (κ1) is 20.1. The molecule has 1 rings (SSSR count). The van der Waals surface area contributed by atoms with Crippen molar-refractivity contribution in [2.24, 2.45) is 5.10 Å². The molecule has 0 aromatic heterocycles. The first-order valence-corrected chi connectivity index (χ1v) is 8.70. The number of nitrogens with one attached hydrogen (secondary N) is 1. The minimum Gasteiger partial charge on any atom is -0.319 e. The van der Waals surface area contributed by atoms with Crippen LogP contribution in [-0.4, -0.2) is 25.8 Å². The second-order valence-corrected chi connectivity index (χ2v) is 5.60. The zero-order chi connectivity index (χ0) is 17.8. The molecule has 0 aliphatic heterocycles. The van der Waals surface area contributed by atoms with Crippen LogP contribution in [0.4, 0.5) is 10.1 Å². The zero-order valence-electron chi connectivity index (χ0n) is 15.3. The first-order chi connectivity index (χ1) is 11.6. The Morgan fingerprint density at radius 2 is 2.12 bits per heavy atom. The van der Waals surface area contributed by atoms with Crippen molar-refractivity contribution in [1.29, 1.82) is 0 Å². The summed E-state index contributed by atoms with van der Waals surface area (Å²) in [6, 6.07) is 6.62. The number of anilines is 1. The van der Waals surface area contributed by atoms with Gasteiger partial charge in [-0.15, -0.1) is 0 Å². The van der Waals surface area contributed by atoms with Gasteiger partial charge in [0, 0.05) is 12.3 Å². The van der Waals surface area contributed by atoms with Crippen LogP contribution in [0, 0.1) is 5.82 Å². The van der Waals surface area contributed by atoms with E-state index in [1.54, 1.807) is 6.07 Å². The third kappa shape index (κ3) is 7.09. The Morgan fingerprint density at radius 1 is 1.33 bits per heavy atom. The molecule has 0 atom stereocenters. The minimum atomic E-state index is -0.243. The van der Waals surface area contributed by atoms with Crippen molar-refractivity contribution in [2.75, 3.05) is 25.1 Å². The van der Waals surface area contributed by atoms with Gasteiger partial charge in [0.2, 0.25) is 0 Å². The molecule has 0 aliphatic carbocycles. The van der Waals surface area contributed by atoms with Crippen LogP contribution in [0.15, 0.2) is 53.2 Å². The summed E-state index contributed by atoms with van der Waals surface area (Å²) in [7, 11) is 1.94. The van der Waals surface area contributed by atoms with Gasteiger partial charge in [-0.05, 0) is 57.0 Å². The van der Waals surface area contributed by atoms with Crippen LogP contribution >= 0.6 is 0 Å². The molecule has 0 amide bonds. The topological polar surface area (TPSA) is 27.6 Å². The molecular weight excluding hydrogens is 301 g/mol. The number of allylic oxidation sites excluding steroid dienone is 2. The molecule has 0 fully saturated rings. The highest BCUT2D eigenvalue weighted by molar-refractivity contribution is 5.85. The fourth-order valence-electron chi connectivity index (χ4n) is 2.39. The van der Waals surface area contributed by atoms with Gasteiger partial charge in [-0.3, -0.25) is 5.01 Å². The van der Waals surface area contributed by atoms with E-state index in [-0.39, 0.29) is 5.82 Å². The third-order valence-corrected chi connectivity index (χ3v) is 3.62. The van der Waals surface area contributed by atoms with Gasteiger partial charge in [-0.25, -0.2) is 4.39 Å². The van der Waals surface area contributed by atoms with Crippen molar-refractivity contribution in [1.82, 2.24) is 5.32 Å². The van der Waals surface area contributed by atoms with Crippen LogP contribution in [0.25, 0.3) is 0 Å². The van der Waals surface area contributed by atoms with Crippen LogP contribution in [0.1, 0.15) is 40.0 Å². The molecule has 1 aromatic rings. The summed E-state index contributed by atoms with van der Waals surface area (Å²) >= 11 is 0. The number of rotatable bonds is 10. The van der Waals surface area contributed by atoms with Crippen LogP contribution < -0.4 is 10.3 Å². The summed E-state index contributed by atoms with van der Waals surface area (Å²) < 4.78 is 13.7. The molecule has 0 saturated carbocycles. The highest BCUT2D eigenvalue weighted by atomic mass is 19.1. The maximum atomic E-state index is 13.7. The number of benzene rings is 1. The molecule has 0 bridgehead atoms. The van der Waals surface area contributed by atoms with Crippen LogP contribution in [0.3, 0.4) is 0 Å². The van der Waals surface area contributed by atoms with Gasteiger partial charge < -0.3 is 5.32 Å². The monoisotopic (exact) mass is 331 g/mol. The molecule has 1 aromatic carbocycles. The van der Waals surface area contributed by atoms with Crippen molar-refractivity contribution >= 4 is 11.4 Å². The maximum absolute atomic E-state index is 13.7. The molecule has 3 nitrogen and oxygen atoms in total. The van der Waals surface area contributed by atoms with Gasteiger partial charge in [0.25, 0.3) is 0 Å².